The molecule has 0 fully saturated rings. The van der Waals surface area contributed by atoms with Crippen molar-refractivity contribution < 1.29 is 20.0 Å². The molecular formula is C6H12N2Na2O4. The number of hydroxylamine groups is 2. The van der Waals surface area contributed by atoms with Crippen LogP contribution in [0.2, 0.25) is 0 Å². The van der Waals surface area contributed by atoms with Gasteiger partial charge in [-0.2, -0.15) is 0 Å². The summed E-state index contributed by atoms with van der Waals surface area (Å²) in [4.78, 5) is 20.8. The van der Waals surface area contributed by atoms with Gasteiger partial charge in [-0.15, -0.1) is 0 Å². The molecule has 4 N–H and O–H groups in total. The third kappa shape index (κ3) is 12.9. The van der Waals surface area contributed by atoms with E-state index in [1.165, 1.54) is 11.0 Å². The summed E-state index contributed by atoms with van der Waals surface area (Å²) in [5.74, 6) is -0.946. The summed E-state index contributed by atoms with van der Waals surface area (Å²) >= 11 is 0. The second kappa shape index (κ2) is 13.9. The Kier molecular flexibility index (Phi) is 20.1. The van der Waals surface area contributed by atoms with Gasteiger partial charge in [-0.05, 0) is 12.8 Å². The number of rotatable bonds is 5. The number of hydrogen-bond donors (Lipinski definition) is 4. The van der Waals surface area contributed by atoms with Crippen LogP contribution in [0.5, 0.6) is 0 Å². The topological polar surface area (TPSA) is 98.7 Å². The standard InChI is InChI=1S/C6H12N2O4.2Na/c9-5(7-11)3-1-2-4-6(10)8-12;;/h11-12H,1-4H2,(H,7,9)(H,8,10);;. The molecule has 0 atom stereocenters. The largest absolute Gasteiger partial charge is 0.289 e. The molecule has 2 amide bonds. The van der Waals surface area contributed by atoms with Crippen LogP contribution in [-0.4, -0.2) is 81.3 Å². The third-order valence-corrected chi connectivity index (χ3v) is 1.31. The molecule has 0 rings (SSSR count). The van der Waals surface area contributed by atoms with E-state index in [9.17, 15) is 9.59 Å². The molecule has 0 saturated carbocycles. The summed E-state index contributed by atoms with van der Waals surface area (Å²) in [6.45, 7) is 0. The zero-order chi connectivity index (χ0) is 9.40. The fraction of sp³-hybridized carbons (Fsp3) is 0.667. The van der Waals surface area contributed by atoms with Crippen LogP contribution in [0, 0.1) is 0 Å². The molecule has 0 aliphatic rings. The summed E-state index contributed by atoms with van der Waals surface area (Å²) < 4.78 is 0. The van der Waals surface area contributed by atoms with E-state index in [0.717, 1.165) is 0 Å². The van der Waals surface area contributed by atoms with Crippen molar-refractivity contribution in [3.63, 3.8) is 0 Å². The van der Waals surface area contributed by atoms with Crippen molar-refractivity contribution in [3.05, 3.63) is 0 Å². The Morgan fingerprint density at radius 1 is 0.857 bits per heavy atom. The van der Waals surface area contributed by atoms with Gasteiger partial charge in [0.1, 0.15) is 0 Å². The summed E-state index contributed by atoms with van der Waals surface area (Å²) in [5, 5.41) is 16.1. The Labute approximate surface area is 126 Å². The van der Waals surface area contributed by atoms with Gasteiger partial charge in [0.15, 0.2) is 0 Å². The number of hydrogen-bond acceptors (Lipinski definition) is 4. The zero-order valence-electron chi connectivity index (χ0n) is 8.54. The van der Waals surface area contributed by atoms with Crippen LogP contribution in [0.25, 0.3) is 0 Å². The minimum Gasteiger partial charge on any atom is -0.289 e. The van der Waals surface area contributed by atoms with E-state index in [1.807, 2.05) is 0 Å². The normalized spacial score (nSPS) is 7.86. The van der Waals surface area contributed by atoms with Gasteiger partial charge in [-0.25, -0.2) is 11.0 Å². The molecule has 0 spiro atoms. The maximum atomic E-state index is 10.4. The number of carbonyl (C=O) groups excluding carboxylic acids is 2. The average Bonchev–Trinajstić information content (AvgIpc) is 2.11. The van der Waals surface area contributed by atoms with Gasteiger partial charge in [0, 0.05) is 72.0 Å². The molecule has 0 unspecified atom stereocenters. The van der Waals surface area contributed by atoms with Gasteiger partial charge in [0.2, 0.25) is 11.8 Å². The third-order valence-electron chi connectivity index (χ3n) is 1.31. The van der Waals surface area contributed by atoms with Gasteiger partial charge < -0.3 is 0 Å². The second-order valence-electron chi connectivity index (χ2n) is 2.28. The number of amides is 2. The Balaban J connectivity index is -0.000000605. The van der Waals surface area contributed by atoms with Gasteiger partial charge >= 0.3 is 0 Å². The molecule has 0 aliphatic carbocycles. The predicted molar refractivity (Wildman–Crippen MR) is 49.8 cm³/mol. The predicted octanol–water partition coefficient (Wildman–Crippen LogP) is -1.20. The first-order chi connectivity index (χ1) is 5.70. The van der Waals surface area contributed by atoms with E-state index < -0.39 is 11.8 Å². The molecule has 0 aromatic heterocycles. The molecule has 6 nitrogen and oxygen atoms in total. The molecule has 2 radical (unpaired) electrons. The van der Waals surface area contributed by atoms with Crippen molar-refractivity contribution in [2.75, 3.05) is 0 Å². The van der Waals surface area contributed by atoms with Crippen LogP contribution < -0.4 is 11.0 Å². The summed E-state index contributed by atoms with van der Waals surface area (Å²) in [7, 11) is 0. The summed E-state index contributed by atoms with van der Waals surface area (Å²) in [5.41, 5.74) is 2.96. The van der Waals surface area contributed by atoms with Gasteiger partial charge in [0.25, 0.3) is 0 Å². The number of carbonyl (C=O) groups is 2. The second-order valence-corrected chi connectivity index (χ2v) is 2.28. The average molecular weight is 222 g/mol. The number of unbranched alkanes of at least 4 members (excludes halogenated alkanes) is 1. The molecule has 8 heteroatoms. The fourth-order valence-electron chi connectivity index (χ4n) is 0.683. The Bertz CT molecular complexity index is 150. The van der Waals surface area contributed by atoms with Crippen molar-refractivity contribution in [2.45, 2.75) is 25.7 Å². The van der Waals surface area contributed by atoms with Crippen LogP contribution in [0.3, 0.4) is 0 Å². The van der Waals surface area contributed by atoms with Crippen LogP contribution >= 0.6 is 0 Å². The maximum absolute atomic E-state index is 10.4. The quantitative estimate of drug-likeness (QED) is 0.203. The monoisotopic (exact) mass is 222 g/mol. The van der Waals surface area contributed by atoms with E-state index in [1.54, 1.807) is 0 Å². The van der Waals surface area contributed by atoms with Gasteiger partial charge in [0.05, 0.1) is 0 Å². The molecule has 0 aliphatic heterocycles. The fourth-order valence-corrected chi connectivity index (χ4v) is 0.683. The van der Waals surface area contributed by atoms with E-state index in [2.05, 4.69) is 0 Å². The molecule has 72 valence electrons. The first-order valence-corrected chi connectivity index (χ1v) is 3.56. The van der Waals surface area contributed by atoms with E-state index >= 15 is 0 Å². The smallest absolute Gasteiger partial charge is 0.243 e. The van der Waals surface area contributed by atoms with E-state index in [4.69, 9.17) is 10.4 Å². The zero-order valence-corrected chi connectivity index (χ0v) is 12.5. The summed E-state index contributed by atoms with van der Waals surface area (Å²) in [6.07, 6.45) is 1.35. The van der Waals surface area contributed by atoms with Crippen molar-refractivity contribution in [1.29, 1.82) is 0 Å². The molecule has 0 aromatic rings. The molecule has 14 heavy (non-hydrogen) atoms. The first-order valence-electron chi connectivity index (χ1n) is 3.56. The molecular weight excluding hydrogens is 210 g/mol. The maximum Gasteiger partial charge on any atom is 0.243 e. The van der Waals surface area contributed by atoms with Gasteiger partial charge in [-0.3, -0.25) is 20.0 Å². The van der Waals surface area contributed by atoms with Crippen molar-refractivity contribution in [3.8, 4) is 0 Å². The van der Waals surface area contributed by atoms with Crippen LogP contribution in [0.4, 0.5) is 0 Å². The molecule has 0 heterocycles. The Hall–Kier alpha value is 0.860. The Morgan fingerprint density at radius 2 is 1.14 bits per heavy atom. The van der Waals surface area contributed by atoms with Crippen LogP contribution in [0.1, 0.15) is 25.7 Å². The molecule has 0 saturated heterocycles. The van der Waals surface area contributed by atoms with Gasteiger partial charge in [-0.1, -0.05) is 0 Å². The van der Waals surface area contributed by atoms with Crippen LogP contribution in [0.15, 0.2) is 0 Å². The minimum absolute atomic E-state index is 0. The van der Waals surface area contributed by atoms with Crippen molar-refractivity contribution in [1.82, 2.24) is 11.0 Å². The van der Waals surface area contributed by atoms with Crippen molar-refractivity contribution >= 4 is 70.9 Å². The minimum atomic E-state index is -0.473. The van der Waals surface area contributed by atoms with Crippen molar-refractivity contribution in [2.24, 2.45) is 0 Å². The first kappa shape index (κ1) is 20.3. The van der Waals surface area contributed by atoms with E-state index in [-0.39, 0.29) is 72.0 Å². The molecule has 0 bridgehead atoms. The van der Waals surface area contributed by atoms with Crippen LogP contribution in [-0.2, 0) is 9.59 Å². The summed E-state index contributed by atoms with van der Waals surface area (Å²) in [6, 6.07) is 0. The molecule has 0 aromatic carbocycles. The Morgan fingerprint density at radius 3 is 1.36 bits per heavy atom. The SMILES string of the molecule is O=C(CCCCC(=O)NO)NO.[Na].[Na]. The van der Waals surface area contributed by atoms with E-state index in [0.29, 0.717) is 12.8 Å². The number of nitrogens with one attached hydrogen (secondary N) is 2.